The molecule has 1 atom stereocenters. The van der Waals surface area contributed by atoms with Gasteiger partial charge in [0.2, 0.25) is 5.91 Å². The zero-order valence-corrected chi connectivity index (χ0v) is 17.0. The van der Waals surface area contributed by atoms with Gasteiger partial charge in [-0.2, -0.15) is 0 Å². The Labute approximate surface area is 178 Å². The van der Waals surface area contributed by atoms with E-state index in [4.69, 9.17) is 10.2 Å². The molecule has 1 aromatic carbocycles. The highest BCUT2D eigenvalue weighted by Crippen LogP contribution is 2.30. The van der Waals surface area contributed by atoms with Gasteiger partial charge in [-0.25, -0.2) is 15.0 Å². The summed E-state index contributed by atoms with van der Waals surface area (Å²) in [4.78, 5) is 26.7. The molecular formula is C23H20N6O2. The minimum absolute atomic E-state index is 0.0633. The smallest absolute Gasteiger partial charge is 0.246 e. The molecule has 1 aliphatic rings. The number of nitrogen functional groups attached to an aromatic ring is 1. The van der Waals surface area contributed by atoms with Crippen molar-refractivity contribution >= 4 is 33.9 Å². The molecule has 2 N–H and O–H groups in total. The van der Waals surface area contributed by atoms with Crippen molar-refractivity contribution in [2.45, 2.75) is 19.4 Å². The van der Waals surface area contributed by atoms with Gasteiger partial charge in [0.15, 0.2) is 11.5 Å². The molecule has 0 aliphatic carbocycles. The Kier molecular flexibility index (Phi) is 4.44. The van der Waals surface area contributed by atoms with Crippen molar-refractivity contribution in [2.75, 3.05) is 18.8 Å². The second-order valence-corrected chi connectivity index (χ2v) is 7.50. The van der Waals surface area contributed by atoms with Crippen LogP contribution >= 0.6 is 0 Å². The largest absolute Gasteiger partial charge is 0.441 e. The summed E-state index contributed by atoms with van der Waals surface area (Å²) < 4.78 is 7.58. The van der Waals surface area contributed by atoms with E-state index in [-0.39, 0.29) is 11.9 Å². The number of nitrogens with two attached hydrogens (primary N) is 1. The van der Waals surface area contributed by atoms with E-state index < -0.39 is 0 Å². The lowest BCUT2D eigenvalue weighted by molar-refractivity contribution is -0.125. The number of hydrogen-bond acceptors (Lipinski definition) is 6. The zero-order chi connectivity index (χ0) is 21.5. The van der Waals surface area contributed by atoms with Crippen molar-refractivity contribution in [1.82, 2.24) is 24.4 Å². The molecule has 1 aliphatic heterocycles. The van der Waals surface area contributed by atoms with E-state index in [1.54, 1.807) is 4.90 Å². The Bertz CT molecular complexity index is 1400. The van der Waals surface area contributed by atoms with Crippen LogP contribution in [0.2, 0.25) is 0 Å². The van der Waals surface area contributed by atoms with Gasteiger partial charge in [-0.1, -0.05) is 18.4 Å². The second-order valence-electron chi connectivity index (χ2n) is 7.50. The van der Waals surface area contributed by atoms with Crippen molar-refractivity contribution in [2.24, 2.45) is 0 Å². The molecule has 154 valence electrons. The van der Waals surface area contributed by atoms with Gasteiger partial charge >= 0.3 is 0 Å². The van der Waals surface area contributed by atoms with Crippen LogP contribution in [0.4, 0.5) is 5.82 Å². The Morgan fingerprint density at radius 2 is 2.23 bits per heavy atom. The molecule has 31 heavy (non-hydrogen) atoms. The average molecular weight is 412 g/mol. The number of amides is 1. The fourth-order valence-electron chi connectivity index (χ4n) is 4.04. The fraction of sp³-hybridized carbons (Fsp3) is 0.217. The molecule has 1 saturated heterocycles. The maximum absolute atomic E-state index is 12.0. The summed E-state index contributed by atoms with van der Waals surface area (Å²) in [5.74, 6) is 7.35. The zero-order valence-electron chi connectivity index (χ0n) is 17.0. The molecule has 0 unspecified atom stereocenters. The van der Waals surface area contributed by atoms with Gasteiger partial charge in [0, 0.05) is 31.8 Å². The number of likely N-dealkylation sites (tertiary alicyclic amines) is 1. The number of aryl methyl sites for hydroxylation is 1. The minimum atomic E-state index is -0.0633. The van der Waals surface area contributed by atoms with Crippen molar-refractivity contribution in [3.8, 4) is 11.8 Å². The van der Waals surface area contributed by atoms with Gasteiger partial charge in [0.05, 0.1) is 17.0 Å². The molecule has 8 nitrogen and oxygen atoms in total. The molecule has 8 heteroatoms. The molecule has 1 fully saturated rings. The molecule has 0 spiro atoms. The van der Waals surface area contributed by atoms with E-state index in [1.165, 1.54) is 12.4 Å². The van der Waals surface area contributed by atoms with Gasteiger partial charge in [0.1, 0.15) is 23.3 Å². The van der Waals surface area contributed by atoms with E-state index in [1.807, 2.05) is 31.3 Å². The molecule has 0 radical (unpaired) electrons. The Morgan fingerprint density at radius 3 is 3.06 bits per heavy atom. The van der Waals surface area contributed by atoms with Crippen LogP contribution in [0.15, 0.2) is 47.8 Å². The number of carbonyl (C=O) groups is 1. The lowest BCUT2D eigenvalue weighted by atomic mass is 10.2. The van der Waals surface area contributed by atoms with Crippen LogP contribution in [0.25, 0.3) is 22.1 Å². The number of aromatic nitrogens is 4. The highest BCUT2D eigenvalue weighted by molar-refractivity contribution is 5.92. The van der Waals surface area contributed by atoms with Crippen LogP contribution in [0.1, 0.15) is 29.5 Å². The minimum Gasteiger partial charge on any atom is -0.441 e. The summed E-state index contributed by atoms with van der Waals surface area (Å²) >= 11 is 0. The summed E-state index contributed by atoms with van der Waals surface area (Å²) in [6, 6.07) is 5.75. The third-order valence-corrected chi connectivity index (χ3v) is 5.52. The van der Waals surface area contributed by atoms with Crippen LogP contribution < -0.4 is 5.73 Å². The highest BCUT2D eigenvalue weighted by atomic mass is 16.3. The number of benzene rings is 1. The lowest BCUT2D eigenvalue weighted by Gasteiger charge is -2.15. The molecular weight excluding hydrogens is 392 g/mol. The number of nitrogens with zero attached hydrogens (tertiary/aromatic N) is 5. The molecule has 5 rings (SSSR count). The topological polar surface area (TPSA) is 103 Å². The number of hydrogen-bond donors (Lipinski definition) is 1. The van der Waals surface area contributed by atoms with E-state index in [9.17, 15) is 4.79 Å². The molecule has 3 aromatic heterocycles. The van der Waals surface area contributed by atoms with Gasteiger partial charge in [0.25, 0.3) is 0 Å². The standard InChI is InChI=1S/C23H20N6O2/c1-3-20(30)28-9-8-17(12-28)29-11-16(21-22(24)25-13-26-23(21)29)6-4-15-5-7-19-18(10-15)27-14(2)31-19/h3,5,7,10-11,13,17H,1,8-9,12H2,2H3,(H2,24,25,26)/t17-/m0/s1. The van der Waals surface area contributed by atoms with E-state index >= 15 is 0 Å². The number of carbonyl (C=O) groups excluding carboxylic acids is 1. The second kappa shape index (κ2) is 7.29. The van der Waals surface area contributed by atoms with Gasteiger partial charge < -0.3 is 19.6 Å². The van der Waals surface area contributed by atoms with Gasteiger partial charge in [-0.3, -0.25) is 4.79 Å². The van der Waals surface area contributed by atoms with E-state index in [0.29, 0.717) is 24.8 Å². The quantitative estimate of drug-likeness (QED) is 0.401. The lowest BCUT2D eigenvalue weighted by Crippen LogP contribution is -2.27. The van der Waals surface area contributed by atoms with Crippen LogP contribution in [0, 0.1) is 18.8 Å². The van der Waals surface area contributed by atoms with Crippen LogP contribution in [0.3, 0.4) is 0 Å². The first-order valence-electron chi connectivity index (χ1n) is 9.95. The predicted octanol–water partition coefficient (Wildman–Crippen LogP) is 2.82. The molecule has 0 saturated carbocycles. The Hall–Kier alpha value is -4.12. The first kappa shape index (κ1) is 18.9. The predicted molar refractivity (Wildman–Crippen MR) is 117 cm³/mol. The SMILES string of the molecule is C=CC(=O)N1CC[C@H](n2cc(C#Cc3ccc4oc(C)nc4c3)c3c(N)ncnc32)C1. The first-order valence-corrected chi connectivity index (χ1v) is 9.95. The summed E-state index contributed by atoms with van der Waals surface area (Å²) in [7, 11) is 0. The normalized spacial score (nSPS) is 15.9. The van der Waals surface area contributed by atoms with Crippen LogP contribution in [-0.4, -0.2) is 43.4 Å². The monoisotopic (exact) mass is 412 g/mol. The summed E-state index contributed by atoms with van der Waals surface area (Å²) in [5, 5.41) is 0.724. The van der Waals surface area contributed by atoms with Crippen molar-refractivity contribution in [3.63, 3.8) is 0 Å². The summed E-state index contributed by atoms with van der Waals surface area (Å²) in [5.41, 5.74) is 9.97. The molecule has 1 amide bonds. The highest BCUT2D eigenvalue weighted by Gasteiger charge is 2.28. The number of anilines is 1. The van der Waals surface area contributed by atoms with E-state index in [0.717, 1.165) is 39.7 Å². The summed E-state index contributed by atoms with van der Waals surface area (Å²) in [6.07, 6.45) is 5.57. The third kappa shape index (κ3) is 3.30. The van der Waals surface area contributed by atoms with Crippen LogP contribution in [0.5, 0.6) is 0 Å². The fourth-order valence-corrected chi connectivity index (χ4v) is 4.04. The van der Waals surface area contributed by atoms with Crippen LogP contribution in [-0.2, 0) is 4.79 Å². The first-order chi connectivity index (χ1) is 15.0. The van der Waals surface area contributed by atoms with Gasteiger partial charge in [-0.15, -0.1) is 0 Å². The Morgan fingerprint density at radius 1 is 1.35 bits per heavy atom. The van der Waals surface area contributed by atoms with Gasteiger partial charge in [-0.05, 0) is 30.7 Å². The van der Waals surface area contributed by atoms with E-state index in [2.05, 4.69) is 37.9 Å². The Balaban J connectivity index is 1.54. The maximum atomic E-state index is 12.0. The number of rotatable bonds is 2. The van der Waals surface area contributed by atoms with Crippen molar-refractivity contribution in [3.05, 3.63) is 60.4 Å². The number of oxazole rings is 1. The molecule has 4 heterocycles. The average Bonchev–Trinajstić information content (AvgIpc) is 3.47. The van der Waals surface area contributed by atoms with Crippen molar-refractivity contribution < 1.29 is 9.21 Å². The maximum Gasteiger partial charge on any atom is 0.246 e. The number of fused-ring (bicyclic) bond motifs is 2. The third-order valence-electron chi connectivity index (χ3n) is 5.52. The van der Waals surface area contributed by atoms with Crippen molar-refractivity contribution in [1.29, 1.82) is 0 Å². The molecule has 4 aromatic rings. The summed E-state index contributed by atoms with van der Waals surface area (Å²) in [6.45, 7) is 6.66. The molecule has 0 bridgehead atoms.